The van der Waals surface area contributed by atoms with Crippen LogP contribution in [0.25, 0.3) is 10.8 Å². The van der Waals surface area contributed by atoms with Gasteiger partial charge < -0.3 is 15.2 Å². The summed E-state index contributed by atoms with van der Waals surface area (Å²) in [6.45, 7) is 0.472. The van der Waals surface area contributed by atoms with Crippen molar-refractivity contribution in [1.29, 1.82) is 0 Å². The van der Waals surface area contributed by atoms with Crippen molar-refractivity contribution in [1.82, 2.24) is 5.32 Å². The van der Waals surface area contributed by atoms with Gasteiger partial charge in [-0.05, 0) is 59.2 Å². The normalized spacial score (nSPS) is 10.6. The van der Waals surface area contributed by atoms with Crippen LogP contribution in [-0.2, 0) is 11.2 Å². The number of rotatable bonds is 6. The molecule has 4 nitrogen and oxygen atoms in total. The van der Waals surface area contributed by atoms with E-state index in [9.17, 15) is 9.90 Å². The average Bonchev–Trinajstić information content (AvgIpc) is 2.60. The number of amides is 1. The van der Waals surface area contributed by atoms with E-state index in [1.807, 2.05) is 42.5 Å². The second-order valence-electron chi connectivity index (χ2n) is 5.71. The van der Waals surface area contributed by atoms with Crippen molar-refractivity contribution in [2.75, 3.05) is 13.2 Å². The van der Waals surface area contributed by atoms with E-state index in [0.717, 1.165) is 20.8 Å². The number of nitrogens with one attached hydrogen (secondary N) is 1. The summed E-state index contributed by atoms with van der Waals surface area (Å²) in [7, 11) is 0. The van der Waals surface area contributed by atoms with Gasteiger partial charge in [-0.15, -0.1) is 0 Å². The largest absolute Gasteiger partial charge is 0.508 e. The summed E-state index contributed by atoms with van der Waals surface area (Å²) in [5.41, 5.74) is 0.974. The summed E-state index contributed by atoms with van der Waals surface area (Å²) >= 11 is 3.45. The molecule has 0 aliphatic rings. The fourth-order valence-corrected chi connectivity index (χ4v) is 2.92. The van der Waals surface area contributed by atoms with E-state index >= 15 is 0 Å². The van der Waals surface area contributed by atoms with Gasteiger partial charge in [-0.3, -0.25) is 4.79 Å². The molecule has 0 heterocycles. The zero-order valence-electron chi connectivity index (χ0n) is 13.5. The van der Waals surface area contributed by atoms with Crippen LogP contribution in [0, 0.1) is 0 Å². The molecule has 0 aliphatic heterocycles. The molecule has 5 heteroatoms. The minimum absolute atomic E-state index is 0.0257. The molecule has 128 valence electrons. The van der Waals surface area contributed by atoms with Crippen LogP contribution in [-0.4, -0.2) is 24.2 Å². The molecule has 3 aromatic rings. The Morgan fingerprint density at radius 1 is 1.04 bits per heavy atom. The van der Waals surface area contributed by atoms with Crippen LogP contribution >= 0.6 is 15.9 Å². The summed E-state index contributed by atoms with van der Waals surface area (Å²) in [4.78, 5) is 11.9. The number of hydrogen-bond donors (Lipinski definition) is 2. The number of carbonyl (C=O) groups excluding carboxylic acids is 1. The molecule has 0 unspecified atom stereocenters. The minimum Gasteiger partial charge on any atom is -0.508 e. The fraction of sp³-hybridized carbons (Fsp3) is 0.150. The zero-order chi connectivity index (χ0) is 17.6. The molecular formula is C20H18BrNO3. The zero-order valence-corrected chi connectivity index (χ0v) is 15.1. The third-order valence-electron chi connectivity index (χ3n) is 3.79. The molecule has 0 atom stereocenters. The molecule has 0 aliphatic carbocycles. The number of carbonyl (C=O) groups is 1. The summed E-state index contributed by atoms with van der Waals surface area (Å²) < 4.78 is 6.59. The number of halogens is 1. The summed E-state index contributed by atoms with van der Waals surface area (Å²) in [6.07, 6.45) is 0.658. The lowest BCUT2D eigenvalue weighted by Gasteiger charge is -2.09. The van der Waals surface area contributed by atoms with Gasteiger partial charge in [-0.2, -0.15) is 0 Å². The van der Waals surface area contributed by atoms with Gasteiger partial charge in [0.2, 0.25) is 0 Å². The number of phenolic OH excluding ortho intramolecular Hbond substituents is 1. The first-order valence-corrected chi connectivity index (χ1v) is 8.76. The maximum Gasteiger partial charge on any atom is 0.257 e. The van der Waals surface area contributed by atoms with E-state index in [0.29, 0.717) is 18.7 Å². The van der Waals surface area contributed by atoms with Crippen molar-refractivity contribution in [2.45, 2.75) is 6.42 Å². The first kappa shape index (κ1) is 17.3. The standard InChI is InChI=1S/C20H18BrNO3/c21-17-6-4-16-12-19(7-5-15(16)11-17)25-13-20(24)22-9-8-14-2-1-3-18(23)10-14/h1-7,10-12,23H,8-9,13H2,(H,22,24). The molecule has 0 aromatic heterocycles. The van der Waals surface area contributed by atoms with E-state index in [1.54, 1.807) is 18.2 Å². The van der Waals surface area contributed by atoms with Crippen molar-refractivity contribution < 1.29 is 14.6 Å². The molecule has 0 saturated carbocycles. The lowest BCUT2D eigenvalue weighted by Crippen LogP contribution is -2.30. The van der Waals surface area contributed by atoms with Gasteiger partial charge in [0.25, 0.3) is 5.91 Å². The Hall–Kier alpha value is -2.53. The molecule has 3 rings (SSSR count). The lowest BCUT2D eigenvalue weighted by molar-refractivity contribution is -0.123. The van der Waals surface area contributed by atoms with Crippen molar-refractivity contribution in [3.63, 3.8) is 0 Å². The van der Waals surface area contributed by atoms with Gasteiger partial charge in [0.15, 0.2) is 6.61 Å². The van der Waals surface area contributed by atoms with Crippen LogP contribution in [0.4, 0.5) is 0 Å². The summed E-state index contributed by atoms with van der Waals surface area (Å²) in [5.74, 6) is 0.726. The topological polar surface area (TPSA) is 58.6 Å². The number of fused-ring (bicyclic) bond motifs is 1. The third-order valence-corrected chi connectivity index (χ3v) is 4.28. The number of aromatic hydroxyl groups is 1. The quantitative estimate of drug-likeness (QED) is 0.657. The van der Waals surface area contributed by atoms with Crippen molar-refractivity contribution in [3.05, 3.63) is 70.7 Å². The van der Waals surface area contributed by atoms with Gasteiger partial charge in [0, 0.05) is 11.0 Å². The van der Waals surface area contributed by atoms with Gasteiger partial charge in [-0.1, -0.05) is 40.2 Å². The Labute approximate surface area is 154 Å². The average molecular weight is 400 g/mol. The highest BCUT2D eigenvalue weighted by atomic mass is 79.9. The Morgan fingerprint density at radius 3 is 2.68 bits per heavy atom. The molecular weight excluding hydrogens is 382 g/mol. The predicted octanol–water partition coefficient (Wildman–Crippen LogP) is 4.05. The number of hydrogen-bond acceptors (Lipinski definition) is 3. The number of ether oxygens (including phenoxy) is 1. The van der Waals surface area contributed by atoms with Crippen LogP contribution in [0.15, 0.2) is 65.1 Å². The summed E-state index contributed by atoms with van der Waals surface area (Å²) in [5, 5.41) is 14.4. The third kappa shape index (κ3) is 4.97. The van der Waals surface area contributed by atoms with E-state index in [2.05, 4.69) is 21.2 Å². The van der Waals surface area contributed by atoms with Gasteiger partial charge >= 0.3 is 0 Å². The lowest BCUT2D eigenvalue weighted by atomic mass is 10.1. The van der Waals surface area contributed by atoms with Crippen molar-refractivity contribution >= 4 is 32.6 Å². The van der Waals surface area contributed by atoms with E-state index in [-0.39, 0.29) is 18.3 Å². The highest BCUT2D eigenvalue weighted by Crippen LogP contribution is 2.24. The maximum absolute atomic E-state index is 11.9. The van der Waals surface area contributed by atoms with Crippen molar-refractivity contribution in [3.8, 4) is 11.5 Å². The molecule has 25 heavy (non-hydrogen) atoms. The highest BCUT2D eigenvalue weighted by molar-refractivity contribution is 9.10. The molecule has 3 aromatic carbocycles. The molecule has 0 fully saturated rings. The maximum atomic E-state index is 11.9. The fourth-order valence-electron chi connectivity index (χ4n) is 2.54. The Kier molecular flexibility index (Phi) is 5.56. The molecule has 2 N–H and O–H groups in total. The molecule has 0 radical (unpaired) electrons. The van der Waals surface area contributed by atoms with Crippen LogP contribution in [0.3, 0.4) is 0 Å². The first-order chi connectivity index (χ1) is 12.1. The van der Waals surface area contributed by atoms with Crippen LogP contribution in [0.2, 0.25) is 0 Å². The van der Waals surface area contributed by atoms with E-state index in [4.69, 9.17) is 4.74 Å². The van der Waals surface area contributed by atoms with Crippen molar-refractivity contribution in [2.24, 2.45) is 0 Å². The minimum atomic E-state index is -0.170. The summed E-state index contributed by atoms with van der Waals surface area (Å²) in [6, 6.07) is 18.8. The monoisotopic (exact) mass is 399 g/mol. The predicted molar refractivity (Wildman–Crippen MR) is 102 cm³/mol. The SMILES string of the molecule is O=C(COc1ccc2cc(Br)ccc2c1)NCCc1cccc(O)c1. The van der Waals surface area contributed by atoms with Crippen LogP contribution in [0.1, 0.15) is 5.56 Å². The highest BCUT2D eigenvalue weighted by Gasteiger charge is 2.04. The first-order valence-electron chi connectivity index (χ1n) is 7.97. The van der Waals surface area contributed by atoms with E-state index in [1.165, 1.54) is 0 Å². The number of benzene rings is 3. The van der Waals surface area contributed by atoms with Gasteiger partial charge in [0.1, 0.15) is 11.5 Å². The van der Waals surface area contributed by atoms with Gasteiger partial charge in [0.05, 0.1) is 0 Å². The molecule has 0 spiro atoms. The van der Waals surface area contributed by atoms with E-state index < -0.39 is 0 Å². The second kappa shape index (κ2) is 8.03. The second-order valence-corrected chi connectivity index (χ2v) is 6.63. The van der Waals surface area contributed by atoms with Crippen LogP contribution < -0.4 is 10.1 Å². The molecule has 0 saturated heterocycles. The Balaban J connectivity index is 1.48. The Bertz CT molecular complexity index is 895. The molecule has 1 amide bonds. The smallest absolute Gasteiger partial charge is 0.257 e. The molecule has 0 bridgehead atoms. The van der Waals surface area contributed by atoms with Crippen LogP contribution in [0.5, 0.6) is 11.5 Å². The Morgan fingerprint density at radius 2 is 1.84 bits per heavy atom. The van der Waals surface area contributed by atoms with Gasteiger partial charge in [-0.25, -0.2) is 0 Å². The number of phenols is 1.